The standard InChI is InChI=1S/C8H7BrNO3/c1-13-8(11)6-3-2-5(10-12)4-7(6)9/h2-4,10H,1H3/q-1. The van der Waals surface area contributed by atoms with Gasteiger partial charge in [0, 0.05) is 10.2 Å². The first-order chi connectivity index (χ1) is 6.19. The van der Waals surface area contributed by atoms with Gasteiger partial charge in [-0.3, -0.25) is 0 Å². The van der Waals surface area contributed by atoms with E-state index in [-0.39, 0.29) is 0 Å². The van der Waals surface area contributed by atoms with Gasteiger partial charge in [0.05, 0.1) is 12.7 Å². The second kappa shape index (κ2) is 4.25. The molecule has 0 spiro atoms. The van der Waals surface area contributed by atoms with Gasteiger partial charge in [0.15, 0.2) is 0 Å². The molecular formula is C8H7BrNO3-. The van der Waals surface area contributed by atoms with Gasteiger partial charge >= 0.3 is 5.97 Å². The van der Waals surface area contributed by atoms with Crippen LogP contribution in [0.15, 0.2) is 22.7 Å². The fourth-order valence-corrected chi connectivity index (χ4v) is 1.39. The molecule has 0 atom stereocenters. The Morgan fingerprint density at radius 3 is 2.77 bits per heavy atom. The van der Waals surface area contributed by atoms with Crippen LogP contribution in [0.2, 0.25) is 0 Å². The highest BCUT2D eigenvalue weighted by molar-refractivity contribution is 9.10. The summed E-state index contributed by atoms with van der Waals surface area (Å²) in [6, 6.07) is 4.53. The van der Waals surface area contributed by atoms with Crippen LogP contribution in [0.5, 0.6) is 0 Å². The smallest absolute Gasteiger partial charge is 0.339 e. The lowest BCUT2D eigenvalue weighted by Gasteiger charge is -2.10. The highest BCUT2D eigenvalue weighted by atomic mass is 79.9. The molecule has 0 bridgehead atoms. The highest BCUT2D eigenvalue weighted by Gasteiger charge is 2.09. The van der Waals surface area contributed by atoms with Crippen LogP contribution in [0, 0.1) is 5.21 Å². The van der Waals surface area contributed by atoms with E-state index in [1.807, 2.05) is 0 Å². The first kappa shape index (κ1) is 10.0. The fourth-order valence-electron chi connectivity index (χ4n) is 0.854. The molecular weight excluding hydrogens is 238 g/mol. The van der Waals surface area contributed by atoms with Crippen molar-refractivity contribution >= 4 is 27.6 Å². The Balaban J connectivity index is 3.05. The average molecular weight is 245 g/mol. The van der Waals surface area contributed by atoms with Gasteiger partial charge in [0.2, 0.25) is 0 Å². The summed E-state index contributed by atoms with van der Waals surface area (Å²) in [6.07, 6.45) is 0. The van der Waals surface area contributed by atoms with Gasteiger partial charge in [0.25, 0.3) is 0 Å². The number of hydrogen-bond acceptors (Lipinski definition) is 4. The van der Waals surface area contributed by atoms with Crippen molar-refractivity contribution < 1.29 is 9.53 Å². The van der Waals surface area contributed by atoms with Crippen LogP contribution in [0.1, 0.15) is 10.4 Å². The molecule has 1 aromatic carbocycles. The van der Waals surface area contributed by atoms with Crippen LogP contribution in [0.4, 0.5) is 5.69 Å². The van der Waals surface area contributed by atoms with E-state index in [1.165, 1.54) is 25.3 Å². The number of rotatable bonds is 2. The van der Waals surface area contributed by atoms with Crippen LogP contribution >= 0.6 is 15.9 Å². The number of hydrogen-bond donors (Lipinski definition) is 1. The zero-order chi connectivity index (χ0) is 9.84. The van der Waals surface area contributed by atoms with Gasteiger partial charge < -0.3 is 15.4 Å². The zero-order valence-electron chi connectivity index (χ0n) is 6.83. The number of carbonyl (C=O) groups is 1. The van der Waals surface area contributed by atoms with Crippen molar-refractivity contribution in [2.24, 2.45) is 0 Å². The second-order valence-electron chi connectivity index (χ2n) is 2.29. The highest BCUT2D eigenvalue weighted by Crippen LogP contribution is 2.21. The number of anilines is 1. The molecule has 0 saturated heterocycles. The first-order valence-electron chi connectivity index (χ1n) is 3.45. The largest absolute Gasteiger partial charge is 0.761 e. The second-order valence-corrected chi connectivity index (χ2v) is 3.14. The molecule has 1 rings (SSSR count). The predicted molar refractivity (Wildman–Crippen MR) is 52.5 cm³/mol. The van der Waals surface area contributed by atoms with Crippen molar-refractivity contribution in [3.63, 3.8) is 0 Å². The van der Waals surface area contributed by atoms with E-state index in [2.05, 4.69) is 20.7 Å². The summed E-state index contributed by atoms with van der Waals surface area (Å²) in [5.41, 5.74) is 2.50. The molecule has 1 aromatic rings. The molecule has 0 fully saturated rings. The molecule has 5 heteroatoms. The van der Waals surface area contributed by atoms with Crippen molar-refractivity contribution in [2.75, 3.05) is 12.6 Å². The topological polar surface area (TPSA) is 61.4 Å². The van der Waals surface area contributed by atoms with E-state index in [4.69, 9.17) is 0 Å². The Morgan fingerprint density at radius 1 is 1.62 bits per heavy atom. The third-order valence-corrected chi connectivity index (χ3v) is 2.15. The molecule has 70 valence electrons. The molecule has 1 N–H and O–H groups in total. The maximum Gasteiger partial charge on any atom is 0.339 e. The van der Waals surface area contributed by atoms with Gasteiger partial charge in [-0.15, -0.1) is 0 Å². The van der Waals surface area contributed by atoms with E-state index in [9.17, 15) is 10.0 Å². The molecule has 0 heterocycles. The monoisotopic (exact) mass is 244 g/mol. The van der Waals surface area contributed by atoms with Crippen molar-refractivity contribution in [2.45, 2.75) is 0 Å². The van der Waals surface area contributed by atoms with Gasteiger partial charge in [-0.1, -0.05) is 0 Å². The van der Waals surface area contributed by atoms with Crippen molar-refractivity contribution in [3.8, 4) is 0 Å². The number of ether oxygens (including phenoxy) is 1. The van der Waals surface area contributed by atoms with Crippen LogP contribution in [-0.2, 0) is 4.74 Å². The minimum absolute atomic E-state index is 0.388. The Labute approximate surface area is 83.6 Å². The number of methoxy groups -OCH3 is 1. The van der Waals surface area contributed by atoms with Crippen molar-refractivity contribution in [1.29, 1.82) is 0 Å². The third-order valence-electron chi connectivity index (χ3n) is 1.49. The molecule has 13 heavy (non-hydrogen) atoms. The van der Waals surface area contributed by atoms with Gasteiger partial charge in [-0.2, -0.15) is 0 Å². The number of carbonyl (C=O) groups excluding carboxylic acids is 1. The Hall–Kier alpha value is -1.07. The summed E-state index contributed by atoms with van der Waals surface area (Å²) < 4.78 is 5.05. The molecule has 0 aromatic heterocycles. The van der Waals surface area contributed by atoms with E-state index >= 15 is 0 Å². The zero-order valence-corrected chi connectivity index (χ0v) is 8.42. The summed E-state index contributed by atoms with van der Waals surface area (Å²) in [5.74, 6) is -0.440. The van der Waals surface area contributed by atoms with Gasteiger partial charge in [0.1, 0.15) is 0 Å². The Bertz CT molecular complexity index is 327. The molecule has 0 aliphatic carbocycles. The summed E-state index contributed by atoms with van der Waals surface area (Å²) in [5, 5.41) is 10.2. The fraction of sp³-hybridized carbons (Fsp3) is 0.125. The SMILES string of the molecule is COC(=O)c1ccc(N[O-])cc1Br. The molecule has 0 unspecified atom stereocenters. The molecule has 4 nitrogen and oxygen atoms in total. The van der Waals surface area contributed by atoms with Gasteiger partial charge in [-0.05, 0) is 34.1 Å². The summed E-state index contributed by atoms with van der Waals surface area (Å²) in [6.45, 7) is 0. The maximum absolute atomic E-state index is 11.1. The van der Waals surface area contributed by atoms with Crippen LogP contribution in [-0.4, -0.2) is 13.1 Å². The lowest BCUT2D eigenvalue weighted by atomic mass is 10.2. The Kier molecular flexibility index (Phi) is 3.27. The van der Waals surface area contributed by atoms with Gasteiger partial charge in [-0.25, -0.2) is 4.79 Å². The number of benzene rings is 1. The normalized spacial score (nSPS) is 9.46. The number of nitrogens with one attached hydrogen (secondary N) is 1. The lowest BCUT2D eigenvalue weighted by molar-refractivity contribution is 0.0600. The minimum atomic E-state index is -0.440. The third kappa shape index (κ3) is 2.19. The Morgan fingerprint density at radius 2 is 2.31 bits per heavy atom. The lowest BCUT2D eigenvalue weighted by Crippen LogP contribution is -2.02. The summed E-state index contributed by atoms with van der Waals surface area (Å²) in [4.78, 5) is 11.1. The molecule has 0 amide bonds. The minimum Gasteiger partial charge on any atom is -0.761 e. The van der Waals surface area contributed by atoms with E-state index in [1.54, 1.807) is 5.48 Å². The maximum atomic E-state index is 11.1. The van der Waals surface area contributed by atoms with Crippen molar-refractivity contribution in [1.82, 2.24) is 0 Å². The molecule has 0 saturated carbocycles. The molecule has 0 radical (unpaired) electrons. The van der Waals surface area contributed by atoms with Crippen LogP contribution in [0.3, 0.4) is 0 Å². The van der Waals surface area contributed by atoms with E-state index in [0.717, 1.165) is 0 Å². The van der Waals surface area contributed by atoms with Crippen LogP contribution in [0.25, 0.3) is 0 Å². The summed E-state index contributed by atoms with van der Waals surface area (Å²) in [7, 11) is 1.30. The average Bonchev–Trinajstić information content (AvgIpc) is 2.16. The molecule has 0 aliphatic heterocycles. The summed E-state index contributed by atoms with van der Waals surface area (Å²) >= 11 is 3.15. The van der Waals surface area contributed by atoms with E-state index < -0.39 is 5.97 Å². The number of halogens is 1. The van der Waals surface area contributed by atoms with Crippen LogP contribution < -0.4 is 5.48 Å². The van der Waals surface area contributed by atoms with E-state index in [0.29, 0.717) is 15.7 Å². The first-order valence-corrected chi connectivity index (χ1v) is 4.24. The number of esters is 1. The quantitative estimate of drug-likeness (QED) is 0.640. The molecule has 0 aliphatic rings. The van der Waals surface area contributed by atoms with Crippen molar-refractivity contribution in [3.05, 3.63) is 33.4 Å². The predicted octanol–water partition coefficient (Wildman–Crippen LogP) is 2.15.